The zero-order valence-corrected chi connectivity index (χ0v) is 27.4. The van der Waals surface area contributed by atoms with Gasteiger partial charge in [0, 0.05) is 42.5 Å². The minimum absolute atomic E-state index is 0.0488. The van der Waals surface area contributed by atoms with E-state index in [1.807, 2.05) is 11.8 Å². The van der Waals surface area contributed by atoms with Crippen molar-refractivity contribution in [3.8, 4) is 22.7 Å². The highest BCUT2D eigenvalue weighted by Gasteiger charge is 2.50. The highest BCUT2D eigenvalue weighted by molar-refractivity contribution is 5.94. The molecule has 15 heteroatoms. The molecule has 0 amide bonds. The Balaban J connectivity index is 1.19. The number of nitrogens with one attached hydrogen (secondary N) is 1. The molecule has 2 unspecified atom stereocenters. The van der Waals surface area contributed by atoms with Crippen LogP contribution in [0, 0.1) is 12.3 Å². The molecular formula is C35H36F3N7O5. The summed E-state index contributed by atoms with van der Waals surface area (Å²) in [6, 6.07) is 12.2. The second kappa shape index (κ2) is 12.6. The van der Waals surface area contributed by atoms with Gasteiger partial charge in [0.15, 0.2) is 0 Å². The van der Waals surface area contributed by atoms with Crippen LogP contribution in [-0.4, -0.2) is 68.1 Å². The Morgan fingerprint density at radius 1 is 1.14 bits per heavy atom. The van der Waals surface area contributed by atoms with Crippen LogP contribution in [0.25, 0.3) is 16.8 Å². The number of halogens is 3. The molecule has 3 aliphatic rings. The number of alkyl halides is 3. The number of ether oxygens (including phenoxy) is 2. The molecule has 2 aromatic heterocycles. The summed E-state index contributed by atoms with van der Waals surface area (Å²) in [4.78, 5) is 33.9. The van der Waals surface area contributed by atoms with Gasteiger partial charge in [-0.1, -0.05) is 25.1 Å². The average molecular weight is 692 g/mol. The molecule has 50 heavy (non-hydrogen) atoms. The monoisotopic (exact) mass is 691 g/mol. The predicted molar refractivity (Wildman–Crippen MR) is 176 cm³/mol. The van der Waals surface area contributed by atoms with Gasteiger partial charge in [0.1, 0.15) is 18.5 Å². The first-order valence-corrected chi connectivity index (χ1v) is 16.4. The van der Waals surface area contributed by atoms with Crippen LogP contribution in [0.4, 0.5) is 24.9 Å². The summed E-state index contributed by atoms with van der Waals surface area (Å²) in [5.41, 5.74) is 8.82. The van der Waals surface area contributed by atoms with Crippen molar-refractivity contribution in [3.63, 3.8) is 0 Å². The summed E-state index contributed by atoms with van der Waals surface area (Å²) in [6.07, 6.45) is -3.08. The molecule has 0 saturated carbocycles. The summed E-state index contributed by atoms with van der Waals surface area (Å²) in [5.74, 6) is -1.54. The Morgan fingerprint density at radius 3 is 2.56 bits per heavy atom. The molecule has 4 aromatic rings. The number of rotatable bonds is 8. The Morgan fingerprint density at radius 2 is 1.88 bits per heavy atom. The number of carboxylic acids is 1. The van der Waals surface area contributed by atoms with Crippen LogP contribution in [0.3, 0.4) is 0 Å². The van der Waals surface area contributed by atoms with E-state index in [4.69, 9.17) is 15.2 Å². The van der Waals surface area contributed by atoms with E-state index in [0.29, 0.717) is 66.1 Å². The van der Waals surface area contributed by atoms with Crippen LogP contribution in [0.2, 0.25) is 0 Å². The largest absolute Gasteiger partial charge is 0.480 e. The van der Waals surface area contributed by atoms with Crippen LogP contribution in [0.1, 0.15) is 65.9 Å². The van der Waals surface area contributed by atoms with E-state index in [9.17, 15) is 27.9 Å². The van der Waals surface area contributed by atoms with Crippen LogP contribution in [-0.2, 0) is 16.1 Å². The quantitative estimate of drug-likeness (QED) is 0.204. The van der Waals surface area contributed by atoms with Gasteiger partial charge < -0.3 is 30.5 Å². The number of hydrogen-bond donors (Lipinski definition) is 3. The van der Waals surface area contributed by atoms with E-state index in [-0.39, 0.29) is 41.1 Å². The summed E-state index contributed by atoms with van der Waals surface area (Å²) in [5, 5.41) is 17.3. The number of carbonyl (C=O) groups is 2. The number of benzene rings is 2. The SMILES string of the molecule is CCC1NC(C(=O)O)CC12CCN(c1cc(O[C@H](c3ccc(-c4ccc5c(c4)COC5=O)cc3-n3ccc(C)n3)C(F)(F)F)nc(N)n1)CC2. The van der Waals surface area contributed by atoms with E-state index < -0.39 is 30.3 Å². The number of nitrogen functional groups attached to an aromatic ring is 1. The normalized spacial score (nSPS) is 20.5. The number of nitrogens with two attached hydrogens (primary N) is 1. The van der Waals surface area contributed by atoms with Gasteiger partial charge in [-0.25, -0.2) is 9.48 Å². The first-order valence-electron chi connectivity index (χ1n) is 16.4. The number of nitrogens with zero attached hydrogens (tertiary/aromatic N) is 5. The van der Waals surface area contributed by atoms with Crippen molar-refractivity contribution in [1.29, 1.82) is 0 Å². The number of aliphatic carboxylic acids is 1. The van der Waals surface area contributed by atoms with Crippen LogP contribution < -0.4 is 20.7 Å². The second-order valence-electron chi connectivity index (χ2n) is 13.2. The molecule has 0 bridgehead atoms. The molecule has 7 rings (SSSR count). The molecule has 0 aliphatic carbocycles. The van der Waals surface area contributed by atoms with Crippen molar-refractivity contribution in [2.24, 2.45) is 5.41 Å². The fraction of sp³-hybridized carbons (Fsp3) is 0.400. The predicted octanol–water partition coefficient (Wildman–Crippen LogP) is 5.38. The zero-order valence-electron chi connectivity index (χ0n) is 27.4. The maximum Gasteiger partial charge on any atom is 0.429 e. The van der Waals surface area contributed by atoms with Crippen molar-refractivity contribution >= 4 is 23.7 Å². The highest BCUT2D eigenvalue weighted by Crippen LogP contribution is 2.46. The van der Waals surface area contributed by atoms with Gasteiger partial charge in [0.2, 0.25) is 17.9 Å². The van der Waals surface area contributed by atoms with Gasteiger partial charge in [0.25, 0.3) is 0 Å². The van der Waals surface area contributed by atoms with E-state index >= 15 is 0 Å². The molecule has 5 heterocycles. The van der Waals surface area contributed by atoms with Crippen molar-refractivity contribution in [1.82, 2.24) is 25.1 Å². The fourth-order valence-electron chi connectivity index (χ4n) is 7.56. The number of cyclic esters (lactones) is 1. The third kappa shape index (κ3) is 6.21. The lowest BCUT2D eigenvalue weighted by Gasteiger charge is -2.43. The molecular weight excluding hydrogens is 655 g/mol. The number of hydrogen-bond acceptors (Lipinski definition) is 10. The number of anilines is 2. The summed E-state index contributed by atoms with van der Waals surface area (Å²) < 4.78 is 57.0. The number of carboxylic acid groups (broad SMARTS) is 1. The first kappa shape index (κ1) is 33.3. The van der Waals surface area contributed by atoms with Gasteiger partial charge in [-0.05, 0) is 73.4 Å². The van der Waals surface area contributed by atoms with Gasteiger partial charge in [-0.3, -0.25) is 4.79 Å². The Kier molecular flexibility index (Phi) is 8.40. The molecule has 4 N–H and O–H groups in total. The number of esters is 1. The van der Waals surface area contributed by atoms with Crippen molar-refractivity contribution in [2.75, 3.05) is 23.7 Å². The molecule has 3 aliphatic heterocycles. The number of piperidine rings is 1. The summed E-state index contributed by atoms with van der Waals surface area (Å²) >= 11 is 0. The standard InChI is InChI=1S/C35H36F3N7O5/c1-3-27-34(17-25(40-27)31(46)47)9-12-44(13-10-34)28-16-29(42-33(39)41-28)50-30(35(36,37)38)24-7-5-21(15-26(24)45-11-8-19(2)43-45)20-4-6-23-22(14-20)18-49-32(23)48/h4-8,11,14-16,25,27,30,40H,3,9-10,12-13,17-18H2,1-2H3,(H,46,47)(H2,39,41,42)/t25?,27?,30-/m1/s1. The number of fused-ring (bicyclic) bond motifs is 1. The maximum absolute atomic E-state index is 15.0. The van der Waals surface area contributed by atoms with Crippen molar-refractivity contribution in [3.05, 3.63) is 77.1 Å². The lowest BCUT2D eigenvalue weighted by Crippen LogP contribution is -2.46. The topological polar surface area (TPSA) is 158 Å². The summed E-state index contributed by atoms with van der Waals surface area (Å²) in [7, 11) is 0. The number of aryl methyl sites for hydroxylation is 1. The fourth-order valence-corrected chi connectivity index (χ4v) is 7.56. The molecule has 0 radical (unpaired) electrons. The minimum Gasteiger partial charge on any atom is -0.480 e. The van der Waals surface area contributed by atoms with Crippen molar-refractivity contribution in [2.45, 2.75) is 70.5 Å². The van der Waals surface area contributed by atoms with E-state index in [1.54, 1.807) is 49.5 Å². The molecule has 12 nitrogen and oxygen atoms in total. The Labute approximate surface area is 285 Å². The smallest absolute Gasteiger partial charge is 0.429 e. The lowest BCUT2D eigenvalue weighted by atomic mass is 9.71. The van der Waals surface area contributed by atoms with Crippen LogP contribution >= 0.6 is 0 Å². The van der Waals surface area contributed by atoms with Crippen molar-refractivity contribution < 1.29 is 37.3 Å². The Hall–Kier alpha value is -5.18. The van der Waals surface area contributed by atoms with Gasteiger partial charge in [0.05, 0.1) is 16.9 Å². The highest BCUT2D eigenvalue weighted by atomic mass is 19.4. The van der Waals surface area contributed by atoms with Gasteiger partial charge in [-0.15, -0.1) is 0 Å². The van der Waals surface area contributed by atoms with Crippen LogP contribution in [0.15, 0.2) is 54.7 Å². The summed E-state index contributed by atoms with van der Waals surface area (Å²) in [6.45, 7) is 4.91. The molecule has 1 spiro atoms. The van der Waals surface area contributed by atoms with Crippen LogP contribution in [0.5, 0.6) is 5.88 Å². The molecule has 2 fully saturated rings. The third-order valence-corrected chi connectivity index (χ3v) is 10.1. The average Bonchev–Trinajstić information content (AvgIpc) is 3.79. The van der Waals surface area contributed by atoms with Gasteiger partial charge in [-0.2, -0.15) is 28.2 Å². The second-order valence-corrected chi connectivity index (χ2v) is 13.2. The van der Waals surface area contributed by atoms with Gasteiger partial charge >= 0.3 is 18.1 Å². The lowest BCUT2D eigenvalue weighted by molar-refractivity contribution is -0.198. The molecule has 262 valence electrons. The first-order chi connectivity index (χ1) is 23.8. The minimum atomic E-state index is -4.87. The molecule has 3 atom stereocenters. The van der Waals surface area contributed by atoms with E-state index in [2.05, 4.69) is 20.4 Å². The number of aromatic nitrogens is 4. The molecule has 2 saturated heterocycles. The maximum atomic E-state index is 15.0. The molecule has 2 aromatic carbocycles. The third-order valence-electron chi connectivity index (χ3n) is 10.1. The number of carbonyl (C=O) groups excluding carboxylic acids is 1. The van der Waals surface area contributed by atoms with E-state index in [0.717, 1.165) is 6.42 Å². The Bertz CT molecular complexity index is 1960. The van der Waals surface area contributed by atoms with E-state index in [1.165, 1.54) is 16.8 Å². The zero-order chi connectivity index (χ0) is 35.4.